The van der Waals surface area contributed by atoms with Crippen molar-refractivity contribution in [2.75, 3.05) is 6.54 Å². The zero-order chi connectivity index (χ0) is 11.6. The van der Waals surface area contributed by atoms with Gasteiger partial charge in [0, 0.05) is 10.0 Å². The van der Waals surface area contributed by atoms with Crippen LogP contribution in [-0.4, -0.2) is 12.1 Å². The molecule has 1 saturated heterocycles. The monoisotopic (exact) mass is 285 g/mol. The summed E-state index contributed by atoms with van der Waals surface area (Å²) in [4.78, 5) is 0. The lowest BCUT2D eigenvalue weighted by Gasteiger charge is -2.28. The van der Waals surface area contributed by atoms with Crippen molar-refractivity contribution in [2.45, 2.75) is 38.1 Å². The van der Waals surface area contributed by atoms with E-state index in [-0.39, 0.29) is 11.4 Å². The summed E-state index contributed by atoms with van der Waals surface area (Å²) < 4.78 is 14.6. The molecule has 1 atom stereocenters. The van der Waals surface area contributed by atoms with Crippen molar-refractivity contribution >= 4 is 15.9 Å². The molecule has 1 unspecified atom stereocenters. The molecule has 3 heteroatoms. The van der Waals surface area contributed by atoms with Gasteiger partial charge in [0.25, 0.3) is 0 Å². The second kappa shape index (κ2) is 4.84. The minimum absolute atomic E-state index is 0.101. The van der Waals surface area contributed by atoms with Crippen LogP contribution in [0.15, 0.2) is 22.7 Å². The molecule has 0 amide bonds. The zero-order valence-corrected chi connectivity index (χ0v) is 11.1. The van der Waals surface area contributed by atoms with Crippen molar-refractivity contribution in [3.05, 3.63) is 34.1 Å². The fraction of sp³-hybridized carbons (Fsp3) is 0.538. The number of rotatable bonds is 3. The van der Waals surface area contributed by atoms with Crippen molar-refractivity contribution < 1.29 is 4.39 Å². The maximum atomic E-state index is 13.8. The van der Waals surface area contributed by atoms with Gasteiger partial charge in [0.05, 0.1) is 0 Å². The molecular formula is C13H17BrFN. The third kappa shape index (κ3) is 2.46. The third-order valence-electron chi connectivity index (χ3n) is 3.55. The molecule has 0 radical (unpaired) electrons. The van der Waals surface area contributed by atoms with Crippen molar-refractivity contribution in [1.82, 2.24) is 5.32 Å². The molecule has 1 N–H and O–H groups in total. The summed E-state index contributed by atoms with van der Waals surface area (Å²) in [7, 11) is 0. The quantitative estimate of drug-likeness (QED) is 0.894. The van der Waals surface area contributed by atoms with Gasteiger partial charge in [-0.05, 0) is 49.9 Å². The summed E-state index contributed by atoms with van der Waals surface area (Å²) in [6.45, 7) is 3.24. The standard InChI is InChI=1S/C13H17BrFN/c1-2-13(6-3-7-16-13)9-10-4-5-11(14)8-12(10)15/h4-5,8,16H,2-3,6-7,9H2,1H3. The van der Waals surface area contributed by atoms with Crippen LogP contribution in [0, 0.1) is 5.82 Å². The Balaban J connectivity index is 2.19. The van der Waals surface area contributed by atoms with Crippen LogP contribution in [0.3, 0.4) is 0 Å². The average molecular weight is 286 g/mol. The molecule has 0 bridgehead atoms. The van der Waals surface area contributed by atoms with Gasteiger partial charge >= 0.3 is 0 Å². The molecule has 1 aromatic carbocycles. The second-order valence-electron chi connectivity index (χ2n) is 4.58. The molecule has 88 valence electrons. The molecule has 16 heavy (non-hydrogen) atoms. The summed E-state index contributed by atoms with van der Waals surface area (Å²) in [6.07, 6.45) is 4.20. The predicted molar refractivity (Wildman–Crippen MR) is 68.1 cm³/mol. The van der Waals surface area contributed by atoms with E-state index in [2.05, 4.69) is 28.2 Å². The Kier molecular flexibility index (Phi) is 3.65. The van der Waals surface area contributed by atoms with Crippen LogP contribution >= 0.6 is 15.9 Å². The second-order valence-corrected chi connectivity index (χ2v) is 5.49. The highest BCUT2D eigenvalue weighted by atomic mass is 79.9. The topological polar surface area (TPSA) is 12.0 Å². The molecule has 1 nitrogen and oxygen atoms in total. The van der Waals surface area contributed by atoms with E-state index in [0.29, 0.717) is 0 Å². The lowest BCUT2D eigenvalue weighted by Crippen LogP contribution is -2.41. The molecule has 1 heterocycles. The fourth-order valence-electron chi connectivity index (χ4n) is 2.48. The number of nitrogens with one attached hydrogen (secondary N) is 1. The Morgan fingerprint density at radius 3 is 2.88 bits per heavy atom. The Morgan fingerprint density at radius 1 is 1.50 bits per heavy atom. The van der Waals surface area contributed by atoms with Crippen LogP contribution in [-0.2, 0) is 6.42 Å². The van der Waals surface area contributed by atoms with E-state index in [1.54, 1.807) is 6.07 Å². The normalized spacial score (nSPS) is 24.9. The summed E-state index contributed by atoms with van der Waals surface area (Å²) in [5, 5.41) is 3.53. The van der Waals surface area contributed by atoms with Gasteiger partial charge in [0.2, 0.25) is 0 Å². The van der Waals surface area contributed by atoms with E-state index in [1.807, 2.05) is 12.1 Å². The van der Waals surface area contributed by atoms with Gasteiger partial charge in [-0.15, -0.1) is 0 Å². The smallest absolute Gasteiger partial charge is 0.127 e. The van der Waals surface area contributed by atoms with Gasteiger partial charge in [-0.1, -0.05) is 28.9 Å². The van der Waals surface area contributed by atoms with E-state index in [0.717, 1.165) is 35.8 Å². The maximum Gasteiger partial charge on any atom is 0.127 e. The fourth-order valence-corrected chi connectivity index (χ4v) is 2.81. The summed E-state index contributed by atoms with van der Waals surface area (Å²) in [5.74, 6) is -0.101. The highest BCUT2D eigenvalue weighted by Gasteiger charge is 2.32. The van der Waals surface area contributed by atoms with Gasteiger partial charge < -0.3 is 5.32 Å². The van der Waals surface area contributed by atoms with Gasteiger partial charge in [-0.2, -0.15) is 0 Å². The van der Waals surface area contributed by atoms with Gasteiger partial charge in [-0.3, -0.25) is 0 Å². The SMILES string of the molecule is CCC1(Cc2ccc(Br)cc2F)CCCN1. The Labute approximate surface area is 105 Å². The zero-order valence-electron chi connectivity index (χ0n) is 9.52. The molecule has 0 aliphatic carbocycles. The van der Waals surface area contributed by atoms with Crippen LogP contribution in [0.4, 0.5) is 4.39 Å². The van der Waals surface area contributed by atoms with Gasteiger partial charge in [-0.25, -0.2) is 4.39 Å². The minimum atomic E-state index is -0.101. The molecular weight excluding hydrogens is 269 g/mol. The van der Waals surface area contributed by atoms with Crippen molar-refractivity contribution in [3.8, 4) is 0 Å². The first-order valence-electron chi connectivity index (χ1n) is 5.84. The predicted octanol–water partition coefficient (Wildman–Crippen LogP) is 3.66. The van der Waals surface area contributed by atoms with E-state index < -0.39 is 0 Å². The van der Waals surface area contributed by atoms with Crippen LogP contribution in [0.5, 0.6) is 0 Å². The van der Waals surface area contributed by atoms with Crippen molar-refractivity contribution in [1.29, 1.82) is 0 Å². The Hall–Kier alpha value is -0.410. The van der Waals surface area contributed by atoms with Gasteiger partial charge in [0.1, 0.15) is 5.82 Å². The Morgan fingerprint density at radius 2 is 2.31 bits per heavy atom. The molecule has 0 spiro atoms. The van der Waals surface area contributed by atoms with E-state index in [4.69, 9.17) is 0 Å². The van der Waals surface area contributed by atoms with Gasteiger partial charge in [0.15, 0.2) is 0 Å². The van der Waals surface area contributed by atoms with E-state index in [9.17, 15) is 4.39 Å². The number of benzene rings is 1. The molecule has 1 fully saturated rings. The van der Waals surface area contributed by atoms with E-state index in [1.165, 1.54) is 6.42 Å². The third-order valence-corrected chi connectivity index (χ3v) is 4.05. The average Bonchev–Trinajstić information content (AvgIpc) is 2.72. The van der Waals surface area contributed by atoms with Crippen LogP contribution in [0.1, 0.15) is 31.7 Å². The number of hydrogen-bond donors (Lipinski definition) is 1. The Bertz CT molecular complexity index is 372. The van der Waals surface area contributed by atoms with Crippen molar-refractivity contribution in [3.63, 3.8) is 0 Å². The summed E-state index contributed by atoms with van der Waals surface area (Å²) in [5.41, 5.74) is 0.939. The summed E-state index contributed by atoms with van der Waals surface area (Å²) in [6, 6.07) is 5.35. The first kappa shape index (κ1) is 12.1. The summed E-state index contributed by atoms with van der Waals surface area (Å²) >= 11 is 3.28. The van der Waals surface area contributed by atoms with Crippen LogP contribution in [0.2, 0.25) is 0 Å². The molecule has 0 saturated carbocycles. The minimum Gasteiger partial charge on any atom is -0.311 e. The molecule has 1 aromatic rings. The lowest BCUT2D eigenvalue weighted by atomic mass is 9.87. The number of hydrogen-bond acceptors (Lipinski definition) is 1. The highest BCUT2D eigenvalue weighted by molar-refractivity contribution is 9.10. The van der Waals surface area contributed by atoms with E-state index >= 15 is 0 Å². The molecule has 0 aromatic heterocycles. The van der Waals surface area contributed by atoms with Crippen LogP contribution in [0.25, 0.3) is 0 Å². The maximum absolute atomic E-state index is 13.8. The molecule has 1 aliphatic rings. The van der Waals surface area contributed by atoms with Crippen LogP contribution < -0.4 is 5.32 Å². The largest absolute Gasteiger partial charge is 0.311 e. The first-order chi connectivity index (χ1) is 7.65. The highest BCUT2D eigenvalue weighted by Crippen LogP contribution is 2.28. The first-order valence-corrected chi connectivity index (χ1v) is 6.63. The van der Waals surface area contributed by atoms with Crippen molar-refractivity contribution in [2.24, 2.45) is 0 Å². The molecule has 2 rings (SSSR count). The lowest BCUT2D eigenvalue weighted by molar-refractivity contribution is 0.354. The number of halogens is 2. The molecule has 1 aliphatic heterocycles.